The van der Waals surface area contributed by atoms with Gasteiger partial charge in [0.05, 0.1) is 11.0 Å². The molecule has 0 unspecified atom stereocenters. The number of H-pyrrole nitrogens is 1. The second-order valence-corrected chi connectivity index (χ2v) is 7.01. The summed E-state index contributed by atoms with van der Waals surface area (Å²) in [5.74, 6) is 1.78. The number of aromatic amines is 1. The van der Waals surface area contributed by atoms with Gasteiger partial charge in [-0.1, -0.05) is 6.07 Å². The third-order valence-electron chi connectivity index (χ3n) is 5.08. The summed E-state index contributed by atoms with van der Waals surface area (Å²) in [5, 5.41) is 0. The maximum Gasteiger partial charge on any atom is 0.289 e. The van der Waals surface area contributed by atoms with Gasteiger partial charge in [-0.3, -0.25) is 4.79 Å². The van der Waals surface area contributed by atoms with Crippen LogP contribution in [0.5, 0.6) is 0 Å². The average molecular weight is 298 g/mol. The maximum absolute atomic E-state index is 12.7. The predicted octanol–water partition coefficient (Wildman–Crippen LogP) is 1.81. The summed E-state index contributed by atoms with van der Waals surface area (Å²) in [6.07, 6.45) is 0. The second kappa shape index (κ2) is 4.81. The molecule has 0 bridgehead atoms. The summed E-state index contributed by atoms with van der Waals surface area (Å²) in [5.41, 5.74) is 4.17. The number of amides is 1. The van der Waals surface area contributed by atoms with Crippen LogP contribution < -0.4 is 0 Å². The van der Waals surface area contributed by atoms with Crippen LogP contribution in [0.2, 0.25) is 0 Å². The van der Waals surface area contributed by atoms with Crippen LogP contribution in [0.1, 0.15) is 21.7 Å². The molecule has 2 aromatic rings. The Morgan fingerprint density at radius 1 is 1.18 bits per heavy atom. The van der Waals surface area contributed by atoms with E-state index in [0.717, 1.165) is 42.8 Å². The molecule has 116 valence electrons. The van der Waals surface area contributed by atoms with Gasteiger partial charge < -0.3 is 14.8 Å². The van der Waals surface area contributed by atoms with Crippen molar-refractivity contribution >= 4 is 16.9 Å². The van der Waals surface area contributed by atoms with Crippen molar-refractivity contribution in [2.24, 2.45) is 11.8 Å². The summed E-state index contributed by atoms with van der Waals surface area (Å²) in [6.45, 7) is 8.04. The number of fused-ring (bicyclic) bond motifs is 2. The number of likely N-dealkylation sites (tertiary alicyclic amines) is 2. The molecule has 1 aromatic heterocycles. The molecule has 4 rings (SSSR count). The molecule has 0 spiro atoms. The third kappa shape index (κ3) is 2.11. The number of rotatable bonds is 1. The standard InChI is InChI=1S/C17H22N4O/c1-10-4-11(2)15-14(5-10)18-16(19-15)17(22)21-8-12-6-20(3)7-13(12)9-21/h4-5,12-13H,6-9H2,1-3H3,(H,18,19)/t12-,13+. The first-order valence-electron chi connectivity index (χ1n) is 7.96. The number of nitrogens with zero attached hydrogens (tertiary/aromatic N) is 3. The SMILES string of the molecule is Cc1cc(C)c2nc(C(=O)N3C[C@H]4CN(C)C[C@H]4C3)[nH]c2c1. The summed E-state index contributed by atoms with van der Waals surface area (Å²) in [6, 6.07) is 4.16. The van der Waals surface area contributed by atoms with E-state index < -0.39 is 0 Å². The van der Waals surface area contributed by atoms with E-state index in [1.165, 1.54) is 5.56 Å². The summed E-state index contributed by atoms with van der Waals surface area (Å²) in [4.78, 5) is 24.8. The first-order chi connectivity index (χ1) is 10.5. The Balaban J connectivity index is 1.60. The van der Waals surface area contributed by atoms with Gasteiger partial charge in [-0.05, 0) is 49.9 Å². The van der Waals surface area contributed by atoms with Gasteiger partial charge >= 0.3 is 0 Å². The van der Waals surface area contributed by atoms with Crippen molar-refractivity contribution in [2.75, 3.05) is 33.2 Å². The maximum atomic E-state index is 12.7. The van der Waals surface area contributed by atoms with E-state index in [4.69, 9.17) is 0 Å². The molecule has 3 heterocycles. The lowest BCUT2D eigenvalue weighted by molar-refractivity contribution is 0.0765. The summed E-state index contributed by atoms with van der Waals surface area (Å²) in [7, 11) is 2.16. The molecule has 2 aliphatic heterocycles. The second-order valence-electron chi connectivity index (χ2n) is 7.01. The highest BCUT2D eigenvalue weighted by Gasteiger charge is 2.41. The number of benzene rings is 1. The molecule has 22 heavy (non-hydrogen) atoms. The zero-order valence-electron chi connectivity index (χ0n) is 13.4. The van der Waals surface area contributed by atoms with E-state index in [2.05, 4.69) is 41.0 Å². The zero-order valence-corrected chi connectivity index (χ0v) is 13.4. The van der Waals surface area contributed by atoms with Gasteiger partial charge in [0.1, 0.15) is 0 Å². The zero-order chi connectivity index (χ0) is 15.4. The number of carbonyl (C=O) groups is 1. The number of nitrogens with one attached hydrogen (secondary N) is 1. The average Bonchev–Trinajstić information content (AvgIpc) is 3.09. The number of aromatic nitrogens is 2. The Morgan fingerprint density at radius 2 is 1.86 bits per heavy atom. The van der Waals surface area contributed by atoms with Gasteiger partial charge in [0.25, 0.3) is 5.91 Å². The quantitative estimate of drug-likeness (QED) is 0.873. The topological polar surface area (TPSA) is 52.2 Å². The molecule has 5 heteroatoms. The molecule has 0 aliphatic carbocycles. The van der Waals surface area contributed by atoms with Gasteiger partial charge in [-0.15, -0.1) is 0 Å². The van der Waals surface area contributed by atoms with Crippen LogP contribution in [0.25, 0.3) is 11.0 Å². The molecule has 0 radical (unpaired) electrons. The minimum Gasteiger partial charge on any atom is -0.335 e. The number of imidazole rings is 1. The third-order valence-corrected chi connectivity index (χ3v) is 5.08. The van der Waals surface area contributed by atoms with Crippen LogP contribution in [-0.2, 0) is 0 Å². The molecule has 2 atom stereocenters. The molecule has 5 nitrogen and oxygen atoms in total. The summed E-state index contributed by atoms with van der Waals surface area (Å²) >= 11 is 0. The van der Waals surface area contributed by atoms with Gasteiger partial charge in [-0.25, -0.2) is 4.98 Å². The van der Waals surface area contributed by atoms with Crippen molar-refractivity contribution in [1.82, 2.24) is 19.8 Å². The van der Waals surface area contributed by atoms with E-state index in [1.54, 1.807) is 0 Å². The largest absolute Gasteiger partial charge is 0.335 e. The van der Waals surface area contributed by atoms with Crippen LogP contribution in [0.3, 0.4) is 0 Å². The Kier molecular flexibility index (Phi) is 3.01. The normalized spacial score (nSPS) is 25.1. The lowest BCUT2D eigenvalue weighted by atomic mass is 10.0. The van der Waals surface area contributed by atoms with E-state index in [1.807, 2.05) is 11.8 Å². The molecule has 1 amide bonds. The first kappa shape index (κ1) is 13.8. The molecular weight excluding hydrogens is 276 g/mol. The van der Waals surface area contributed by atoms with Gasteiger partial charge in [0.15, 0.2) is 5.82 Å². The van der Waals surface area contributed by atoms with Crippen molar-refractivity contribution in [3.63, 3.8) is 0 Å². The Labute approximate surface area is 130 Å². The smallest absolute Gasteiger partial charge is 0.289 e. The fraction of sp³-hybridized carbons (Fsp3) is 0.529. The molecule has 2 saturated heterocycles. The molecule has 0 saturated carbocycles. The number of carbonyl (C=O) groups excluding carboxylic acids is 1. The van der Waals surface area contributed by atoms with Crippen LogP contribution in [0, 0.1) is 25.7 Å². The predicted molar refractivity (Wildman–Crippen MR) is 85.9 cm³/mol. The molecule has 1 N–H and O–H groups in total. The van der Waals surface area contributed by atoms with Crippen LogP contribution in [-0.4, -0.2) is 58.9 Å². The van der Waals surface area contributed by atoms with Crippen LogP contribution in [0.4, 0.5) is 0 Å². The van der Waals surface area contributed by atoms with E-state index in [9.17, 15) is 4.79 Å². The lowest BCUT2D eigenvalue weighted by Crippen LogP contribution is -2.32. The highest BCUT2D eigenvalue weighted by molar-refractivity contribution is 5.95. The fourth-order valence-corrected chi connectivity index (χ4v) is 4.12. The number of aryl methyl sites for hydroxylation is 2. The molecular formula is C17H22N4O. The van der Waals surface area contributed by atoms with Crippen molar-refractivity contribution in [1.29, 1.82) is 0 Å². The number of hydrogen-bond acceptors (Lipinski definition) is 3. The van der Waals surface area contributed by atoms with Gasteiger partial charge in [-0.2, -0.15) is 0 Å². The van der Waals surface area contributed by atoms with Crippen LogP contribution >= 0.6 is 0 Å². The summed E-state index contributed by atoms with van der Waals surface area (Å²) < 4.78 is 0. The highest BCUT2D eigenvalue weighted by atomic mass is 16.2. The minimum atomic E-state index is 0.0466. The van der Waals surface area contributed by atoms with Crippen molar-refractivity contribution in [3.05, 3.63) is 29.1 Å². The highest BCUT2D eigenvalue weighted by Crippen LogP contribution is 2.31. The first-order valence-corrected chi connectivity index (χ1v) is 7.96. The Bertz CT molecular complexity index is 736. The van der Waals surface area contributed by atoms with Crippen molar-refractivity contribution < 1.29 is 4.79 Å². The molecule has 1 aromatic carbocycles. The molecule has 2 fully saturated rings. The van der Waals surface area contributed by atoms with Gasteiger partial charge in [0.2, 0.25) is 0 Å². The minimum absolute atomic E-state index is 0.0466. The number of hydrogen-bond donors (Lipinski definition) is 1. The van der Waals surface area contributed by atoms with E-state index >= 15 is 0 Å². The fourth-order valence-electron chi connectivity index (χ4n) is 4.12. The Hall–Kier alpha value is -1.88. The lowest BCUT2D eigenvalue weighted by Gasteiger charge is -2.18. The van der Waals surface area contributed by atoms with Crippen molar-refractivity contribution in [2.45, 2.75) is 13.8 Å². The molecule has 2 aliphatic rings. The Morgan fingerprint density at radius 3 is 2.55 bits per heavy atom. The monoisotopic (exact) mass is 298 g/mol. The van der Waals surface area contributed by atoms with E-state index in [-0.39, 0.29) is 5.91 Å². The van der Waals surface area contributed by atoms with Crippen molar-refractivity contribution in [3.8, 4) is 0 Å². The van der Waals surface area contributed by atoms with Crippen LogP contribution in [0.15, 0.2) is 12.1 Å². The van der Waals surface area contributed by atoms with Gasteiger partial charge in [0, 0.05) is 26.2 Å². The van der Waals surface area contributed by atoms with E-state index in [0.29, 0.717) is 17.7 Å².